The lowest BCUT2D eigenvalue weighted by atomic mass is 10.1. The number of nitrogens with zero attached hydrogens (tertiary/aromatic N) is 5. The quantitative estimate of drug-likeness (QED) is 0.349. The molecule has 0 radical (unpaired) electrons. The van der Waals surface area contributed by atoms with E-state index in [0.29, 0.717) is 22.6 Å². The van der Waals surface area contributed by atoms with Gasteiger partial charge >= 0.3 is 12.1 Å². The second kappa shape index (κ2) is 13.9. The summed E-state index contributed by atoms with van der Waals surface area (Å²) in [6, 6.07) is 13.1. The van der Waals surface area contributed by atoms with E-state index in [0.717, 1.165) is 0 Å². The van der Waals surface area contributed by atoms with Gasteiger partial charge in [-0.1, -0.05) is 30.3 Å². The number of carboxylic acid groups (broad SMARTS) is 1. The largest absolute Gasteiger partial charge is 0.527 e. The van der Waals surface area contributed by atoms with Crippen molar-refractivity contribution in [3.8, 4) is 22.6 Å². The minimum absolute atomic E-state index is 0.0125. The summed E-state index contributed by atoms with van der Waals surface area (Å²) in [5.74, 6) is -1.89. The fourth-order valence-electron chi connectivity index (χ4n) is 4.17. The molecule has 1 atom stereocenters. The summed E-state index contributed by atoms with van der Waals surface area (Å²) in [7, 11) is 0. The van der Waals surface area contributed by atoms with Gasteiger partial charge in [-0.05, 0) is 31.5 Å². The number of carbonyl (C=O) groups excluding carboxylic acids is 3. The fourth-order valence-corrected chi connectivity index (χ4v) is 4.17. The van der Waals surface area contributed by atoms with Gasteiger partial charge in [0.2, 0.25) is 5.91 Å². The maximum atomic E-state index is 13.5. The Kier molecular flexibility index (Phi) is 9.89. The number of ether oxygens (including phenoxy) is 1. The molecule has 1 aliphatic rings. The summed E-state index contributed by atoms with van der Waals surface area (Å²) in [6.07, 6.45) is 1.96. The molecule has 0 aliphatic carbocycles. The number of benzene rings is 1. The minimum atomic E-state index is -1.12. The molecule has 2 amide bonds. The van der Waals surface area contributed by atoms with Gasteiger partial charge in [-0.3, -0.25) is 19.4 Å². The molecule has 3 heterocycles. The van der Waals surface area contributed by atoms with Crippen LogP contribution in [0.25, 0.3) is 22.6 Å². The lowest BCUT2D eigenvalue weighted by Crippen LogP contribution is -2.55. The zero-order chi connectivity index (χ0) is 29.2. The van der Waals surface area contributed by atoms with E-state index in [2.05, 4.69) is 20.3 Å². The fraction of sp³-hybridized carbons (Fsp3) is 0.321. The average Bonchev–Trinajstić information content (AvgIpc) is 3.00. The molecule has 1 saturated heterocycles. The van der Waals surface area contributed by atoms with Crippen LogP contribution in [0.2, 0.25) is 0 Å². The molecule has 13 heteroatoms. The predicted octanol–water partition coefficient (Wildman–Crippen LogP) is 2.40. The highest BCUT2D eigenvalue weighted by Crippen LogP contribution is 2.22. The summed E-state index contributed by atoms with van der Waals surface area (Å²) < 4.78 is 4.77. The third-order valence-corrected chi connectivity index (χ3v) is 6.21. The highest BCUT2D eigenvalue weighted by Gasteiger charge is 2.31. The normalized spacial score (nSPS) is 14.1. The Morgan fingerprint density at radius 1 is 1.00 bits per heavy atom. The van der Waals surface area contributed by atoms with Gasteiger partial charge in [0.15, 0.2) is 5.82 Å². The van der Waals surface area contributed by atoms with Crippen molar-refractivity contribution in [1.29, 1.82) is 0 Å². The molecule has 1 aromatic carbocycles. The van der Waals surface area contributed by atoms with Crippen molar-refractivity contribution in [3.05, 3.63) is 66.6 Å². The van der Waals surface area contributed by atoms with Gasteiger partial charge in [-0.2, -0.15) is 0 Å². The Hall–Kier alpha value is -4.91. The zero-order valence-corrected chi connectivity index (χ0v) is 22.4. The first-order valence-electron chi connectivity index (χ1n) is 13.1. The smallest absolute Gasteiger partial charge is 0.481 e. The van der Waals surface area contributed by atoms with E-state index in [4.69, 9.17) is 9.57 Å². The van der Waals surface area contributed by atoms with E-state index in [1.54, 1.807) is 31.5 Å². The maximum Gasteiger partial charge on any atom is 0.527 e. The SMILES string of the molecule is CCOC(=O)ON1CCN(C(=O)[C@H](CCC(=O)O)NC(=O)c2cc(-c3cccnc3)nc(-c3ccccc3)n2)CC1. The van der Waals surface area contributed by atoms with Crippen molar-refractivity contribution in [1.82, 2.24) is 30.2 Å². The summed E-state index contributed by atoms with van der Waals surface area (Å²) >= 11 is 0. The molecule has 0 bridgehead atoms. The first kappa shape index (κ1) is 29.1. The molecule has 4 rings (SSSR count). The van der Waals surface area contributed by atoms with Crippen molar-refractivity contribution >= 4 is 23.9 Å². The third kappa shape index (κ3) is 8.05. The number of carboxylic acids is 1. The van der Waals surface area contributed by atoms with Crippen LogP contribution in [0.3, 0.4) is 0 Å². The van der Waals surface area contributed by atoms with Crippen LogP contribution < -0.4 is 5.32 Å². The number of hydroxylamine groups is 2. The van der Waals surface area contributed by atoms with E-state index in [1.807, 2.05) is 30.3 Å². The Balaban J connectivity index is 1.54. The third-order valence-electron chi connectivity index (χ3n) is 6.21. The molecule has 214 valence electrons. The lowest BCUT2D eigenvalue weighted by Gasteiger charge is -2.35. The van der Waals surface area contributed by atoms with Gasteiger partial charge < -0.3 is 24.9 Å². The Morgan fingerprint density at radius 3 is 2.39 bits per heavy atom. The second-order valence-corrected chi connectivity index (χ2v) is 9.06. The number of aliphatic carboxylic acids is 1. The monoisotopic (exact) mass is 562 g/mol. The summed E-state index contributed by atoms with van der Waals surface area (Å²) in [6.45, 7) is 2.69. The van der Waals surface area contributed by atoms with E-state index in [-0.39, 0.29) is 51.3 Å². The highest BCUT2D eigenvalue weighted by molar-refractivity contribution is 5.97. The zero-order valence-electron chi connectivity index (χ0n) is 22.4. The molecule has 0 spiro atoms. The Morgan fingerprint density at radius 2 is 1.73 bits per heavy atom. The van der Waals surface area contributed by atoms with Crippen molar-refractivity contribution in [2.24, 2.45) is 0 Å². The standard InChI is InChI=1S/C28H30N6O7/c1-2-40-28(39)41-34-15-13-33(14-16-34)27(38)21(10-11-24(35)36)32-26(37)23-17-22(20-9-6-12-29-18-20)30-25(31-23)19-7-4-3-5-8-19/h3-9,12,17-18,21H,2,10-11,13-16H2,1H3,(H,32,37)(H,35,36)/t21-/m0/s1. The highest BCUT2D eigenvalue weighted by atomic mass is 16.8. The first-order valence-corrected chi connectivity index (χ1v) is 13.1. The molecule has 2 aromatic heterocycles. The average molecular weight is 563 g/mol. The Bertz CT molecular complexity index is 1310. The van der Waals surface area contributed by atoms with Gasteiger partial charge in [0.25, 0.3) is 5.91 Å². The molecule has 41 heavy (non-hydrogen) atoms. The number of piperazine rings is 1. The van der Waals surface area contributed by atoms with Gasteiger partial charge in [0, 0.05) is 43.0 Å². The topological polar surface area (TPSA) is 164 Å². The molecule has 13 nitrogen and oxygen atoms in total. The second-order valence-electron chi connectivity index (χ2n) is 9.06. The van der Waals surface area contributed by atoms with E-state index in [9.17, 15) is 24.3 Å². The van der Waals surface area contributed by atoms with Crippen molar-refractivity contribution in [2.45, 2.75) is 25.8 Å². The van der Waals surface area contributed by atoms with Crippen LogP contribution in [0.1, 0.15) is 30.3 Å². The number of nitrogens with one attached hydrogen (secondary N) is 1. The van der Waals surface area contributed by atoms with Gasteiger partial charge in [-0.25, -0.2) is 14.8 Å². The molecular weight excluding hydrogens is 532 g/mol. The summed E-state index contributed by atoms with van der Waals surface area (Å²) in [5.41, 5.74) is 1.83. The Labute approximate surface area is 236 Å². The van der Waals surface area contributed by atoms with Gasteiger partial charge in [0.05, 0.1) is 25.4 Å². The minimum Gasteiger partial charge on any atom is -0.481 e. The van der Waals surface area contributed by atoms with Gasteiger partial charge in [0.1, 0.15) is 11.7 Å². The van der Waals surface area contributed by atoms with E-state index in [1.165, 1.54) is 16.0 Å². The molecule has 0 unspecified atom stereocenters. The first-order chi connectivity index (χ1) is 19.8. The van der Waals surface area contributed by atoms with Crippen LogP contribution in [0.4, 0.5) is 4.79 Å². The molecule has 1 aliphatic heterocycles. The molecule has 2 N–H and O–H groups in total. The van der Waals surface area contributed by atoms with Crippen molar-refractivity contribution in [2.75, 3.05) is 32.8 Å². The molecule has 3 aromatic rings. The number of aromatic nitrogens is 3. The van der Waals surface area contributed by atoms with Crippen LogP contribution >= 0.6 is 0 Å². The van der Waals surface area contributed by atoms with Gasteiger partial charge in [-0.15, -0.1) is 5.06 Å². The predicted molar refractivity (Wildman–Crippen MR) is 145 cm³/mol. The van der Waals surface area contributed by atoms with Crippen LogP contribution in [-0.2, 0) is 19.2 Å². The van der Waals surface area contributed by atoms with Crippen LogP contribution in [-0.4, -0.2) is 92.8 Å². The number of amides is 2. The van der Waals surface area contributed by atoms with Crippen LogP contribution in [0, 0.1) is 0 Å². The van der Waals surface area contributed by atoms with Crippen LogP contribution in [0.15, 0.2) is 60.9 Å². The number of hydrogen-bond donors (Lipinski definition) is 2. The van der Waals surface area contributed by atoms with Crippen LogP contribution in [0.5, 0.6) is 0 Å². The summed E-state index contributed by atoms with van der Waals surface area (Å²) in [4.78, 5) is 69.6. The number of rotatable bonds is 10. The van der Waals surface area contributed by atoms with Crippen molar-refractivity contribution in [3.63, 3.8) is 0 Å². The lowest BCUT2D eigenvalue weighted by molar-refractivity contribution is -0.157. The number of pyridine rings is 1. The van der Waals surface area contributed by atoms with E-state index >= 15 is 0 Å². The molecule has 0 saturated carbocycles. The van der Waals surface area contributed by atoms with Crippen molar-refractivity contribution < 1.29 is 33.9 Å². The number of carbonyl (C=O) groups is 4. The number of hydrogen-bond acceptors (Lipinski definition) is 10. The molecule has 1 fully saturated rings. The maximum absolute atomic E-state index is 13.5. The van der Waals surface area contributed by atoms with E-state index < -0.39 is 30.0 Å². The molecular formula is C28H30N6O7. The summed E-state index contributed by atoms with van der Waals surface area (Å²) in [5, 5.41) is 13.3.